The van der Waals surface area contributed by atoms with E-state index in [1.54, 1.807) is 12.0 Å². The fraction of sp³-hybridized carbons (Fsp3) is 0.529. The van der Waals surface area contributed by atoms with Crippen LogP contribution < -0.4 is 10.1 Å². The van der Waals surface area contributed by atoms with E-state index in [4.69, 9.17) is 9.47 Å². The van der Waals surface area contributed by atoms with Gasteiger partial charge in [-0.05, 0) is 31.0 Å². The highest BCUT2D eigenvalue weighted by molar-refractivity contribution is 5.83. The van der Waals surface area contributed by atoms with Crippen LogP contribution in [0.15, 0.2) is 24.3 Å². The van der Waals surface area contributed by atoms with Crippen LogP contribution in [0.1, 0.15) is 18.9 Å². The Morgan fingerprint density at radius 2 is 2.17 bits per heavy atom. The summed E-state index contributed by atoms with van der Waals surface area (Å²) in [6.07, 6.45) is 0.709. The second-order valence-electron chi connectivity index (χ2n) is 5.97. The Morgan fingerprint density at radius 3 is 2.83 bits per heavy atom. The zero-order valence-corrected chi connectivity index (χ0v) is 13.9. The molecule has 0 aliphatic carbocycles. The first-order valence-corrected chi connectivity index (χ1v) is 7.71. The molecule has 126 valence electrons. The lowest BCUT2D eigenvalue weighted by Gasteiger charge is -2.28. The highest BCUT2D eigenvalue weighted by atomic mass is 16.5. The fourth-order valence-electron chi connectivity index (χ4n) is 2.63. The first-order chi connectivity index (χ1) is 10.9. The molecule has 0 radical (unpaired) electrons. The van der Waals surface area contributed by atoms with Gasteiger partial charge in [0.1, 0.15) is 18.0 Å². The van der Waals surface area contributed by atoms with Crippen molar-refractivity contribution in [1.29, 1.82) is 0 Å². The van der Waals surface area contributed by atoms with Crippen LogP contribution in [0.2, 0.25) is 0 Å². The van der Waals surface area contributed by atoms with Crippen molar-refractivity contribution in [2.24, 2.45) is 0 Å². The molecule has 6 heteroatoms. The van der Waals surface area contributed by atoms with Gasteiger partial charge in [-0.1, -0.05) is 12.1 Å². The molecule has 1 aromatic rings. The van der Waals surface area contributed by atoms with Gasteiger partial charge in [0.2, 0.25) is 11.8 Å². The summed E-state index contributed by atoms with van der Waals surface area (Å²) < 4.78 is 11.5. The maximum Gasteiger partial charge on any atom is 0.242 e. The number of rotatable bonds is 6. The molecule has 0 saturated carbocycles. The zero-order chi connectivity index (χ0) is 16.9. The summed E-state index contributed by atoms with van der Waals surface area (Å²) in [5.74, 6) is 0.484. The molecule has 2 amide bonds. The van der Waals surface area contributed by atoms with Gasteiger partial charge in [-0.25, -0.2) is 0 Å². The van der Waals surface area contributed by atoms with Crippen molar-refractivity contribution in [3.63, 3.8) is 0 Å². The highest BCUT2D eigenvalue weighted by Gasteiger charge is 2.41. The summed E-state index contributed by atoms with van der Waals surface area (Å²) in [6, 6.07) is 7.84. The number of likely N-dealkylation sites (tertiary alicyclic amines) is 1. The number of nitrogens with one attached hydrogen (secondary N) is 1. The van der Waals surface area contributed by atoms with Crippen molar-refractivity contribution in [2.45, 2.75) is 25.9 Å². The number of aryl methyl sites for hydroxylation is 1. The maximum absolute atomic E-state index is 12.1. The lowest BCUT2D eigenvalue weighted by atomic mass is 10.0. The molecule has 1 aliphatic heterocycles. The van der Waals surface area contributed by atoms with Gasteiger partial charge in [0.05, 0.1) is 13.1 Å². The van der Waals surface area contributed by atoms with Gasteiger partial charge in [-0.3, -0.25) is 9.59 Å². The summed E-state index contributed by atoms with van der Waals surface area (Å²) >= 11 is 0. The predicted octanol–water partition coefficient (Wildman–Crippen LogP) is 1.13. The minimum atomic E-state index is -0.504. The van der Waals surface area contributed by atoms with Crippen LogP contribution in [-0.4, -0.2) is 55.7 Å². The van der Waals surface area contributed by atoms with E-state index >= 15 is 0 Å². The molecule has 2 rings (SSSR count). The van der Waals surface area contributed by atoms with E-state index in [0.29, 0.717) is 26.1 Å². The molecule has 0 bridgehead atoms. The van der Waals surface area contributed by atoms with Gasteiger partial charge in [0.25, 0.3) is 0 Å². The number of benzene rings is 1. The largest absolute Gasteiger partial charge is 0.491 e. The third-order valence-electron chi connectivity index (χ3n) is 4.08. The van der Waals surface area contributed by atoms with Crippen LogP contribution in [-0.2, 0) is 14.3 Å². The number of nitrogens with zero attached hydrogens (tertiary/aromatic N) is 1. The Hall–Kier alpha value is -2.08. The average molecular weight is 320 g/mol. The Kier molecular flexibility index (Phi) is 5.60. The zero-order valence-electron chi connectivity index (χ0n) is 13.9. The smallest absolute Gasteiger partial charge is 0.242 e. The average Bonchev–Trinajstić information content (AvgIpc) is 2.96. The molecule has 1 fully saturated rings. The molecule has 1 N–H and O–H groups in total. The lowest BCUT2D eigenvalue weighted by molar-refractivity contribution is -0.133. The van der Waals surface area contributed by atoms with Gasteiger partial charge >= 0.3 is 0 Å². The molecule has 1 saturated heterocycles. The van der Waals surface area contributed by atoms with Gasteiger partial charge in [-0.2, -0.15) is 0 Å². The molecule has 23 heavy (non-hydrogen) atoms. The first kappa shape index (κ1) is 17.3. The van der Waals surface area contributed by atoms with E-state index in [1.165, 1.54) is 6.92 Å². The molecule has 1 atom stereocenters. The first-order valence-electron chi connectivity index (χ1n) is 7.71. The molecule has 0 aromatic heterocycles. The number of carbonyl (C=O) groups is 2. The van der Waals surface area contributed by atoms with Crippen LogP contribution in [0.3, 0.4) is 0 Å². The number of hydrogen-bond acceptors (Lipinski definition) is 4. The van der Waals surface area contributed by atoms with E-state index in [0.717, 1.165) is 11.3 Å². The lowest BCUT2D eigenvalue weighted by Crippen LogP contribution is -2.44. The number of methoxy groups -OCH3 is 1. The van der Waals surface area contributed by atoms with E-state index < -0.39 is 5.60 Å². The summed E-state index contributed by atoms with van der Waals surface area (Å²) in [4.78, 5) is 24.7. The van der Waals surface area contributed by atoms with Crippen LogP contribution >= 0.6 is 0 Å². The number of amides is 2. The highest BCUT2D eigenvalue weighted by Crippen LogP contribution is 2.26. The van der Waals surface area contributed by atoms with Gasteiger partial charge in [0.15, 0.2) is 0 Å². The Labute approximate surface area is 136 Å². The van der Waals surface area contributed by atoms with Crippen molar-refractivity contribution >= 4 is 11.8 Å². The summed E-state index contributed by atoms with van der Waals surface area (Å²) in [7, 11) is 1.64. The van der Waals surface area contributed by atoms with Crippen LogP contribution in [0.4, 0.5) is 0 Å². The van der Waals surface area contributed by atoms with Gasteiger partial charge in [-0.15, -0.1) is 0 Å². The van der Waals surface area contributed by atoms with E-state index in [-0.39, 0.29) is 18.4 Å². The molecule has 1 aliphatic rings. The Morgan fingerprint density at radius 1 is 1.39 bits per heavy atom. The maximum atomic E-state index is 12.1. The predicted molar refractivity (Wildman–Crippen MR) is 86.3 cm³/mol. The monoisotopic (exact) mass is 320 g/mol. The third kappa shape index (κ3) is 4.69. The van der Waals surface area contributed by atoms with Crippen molar-refractivity contribution in [3.05, 3.63) is 29.8 Å². The SMILES string of the molecule is CO[C@]1(COc2cccc(C)c2)CCN(C(=O)CNC(C)=O)C1. The third-order valence-corrected chi connectivity index (χ3v) is 4.08. The van der Waals surface area contributed by atoms with Crippen LogP contribution in [0.5, 0.6) is 5.75 Å². The quantitative estimate of drug-likeness (QED) is 0.853. The van der Waals surface area contributed by atoms with E-state index in [9.17, 15) is 9.59 Å². The van der Waals surface area contributed by atoms with Gasteiger partial charge < -0.3 is 19.7 Å². The number of ether oxygens (including phenoxy) is 2. The van der Waals surface area contributed by atoms with Crippen molar-refractivity contribution < 1.29 is 19.1 Å². The van der Waals surface area contributed by atoms with E-state index in [2.05, 4.69) is 5.32 Å². The molecule has 0 unspecified atom stereocenters. The fourth-order valence-corrected chi connectivity index (χ4v) is 2.63. The molecule has 0 spiro atoms. The number of hydrogen-bond donors (Lipinski definition) is 1. The minimum absolute atomic E-state index is 0.0217. The minimum Gasteiger partial charge on any atom is -0.491 e. The van der Waals surface area contributed by atoms with Crippen molar-refractivity contribution in [1.82, 2.24) is 10.2 Å². The Bertz CT molecular complexity index is 575. The topological polar surface area (TPSA) is 67.9 Å². The second-order valence-corrected chi connectivity index (χ2v) is 5.97. The Balaban J connectivity index is 1.91. The summed E-state index contributed by atoms with van der Waals surface area (Å²) in [5.41, 5.74) is 0.628. The molecule has 1 heterocycles. The second kappa shape index (κ2) is 7.46. The van der Waals surface area contributed by atoms with Crippen molar-refractivity contribution in [2.75, 3.05) is 33.4 Å². The van der Waals surface area contributed by atoms with E-state index in [1.807, 2.05) is 31.2 Å². The van der Waals surface area contributed by atoms with Crippen LogP contribution in [0, 0.1) is 6.92 Å². The number of carbonyl (C=O) groups excluding carboxylic acids is 2. The molecular formula is C17H24N2O4. The van der Waals surface area contributed by atoms with Gasteiger partial charge in [0, 0.05) is 20.6 Å². The van der Waals surface area contributed by atoms with Crippen molar-refractivity contribution in [3.8, 4) is 5.75 Å². The molecule has 1 aromatic carbocycles. The summed E-state index contributed by atoms with van der Waals surface area (Å²) in [5, 5.41) is 2.53. The molecular weight excluding hydrogens is 296 g/mol. The summed E-state index contributed by atoms with van der Waals surface area (Å²) in [6.45, 7) is 4.88. The molecule has 6 nitrogen and oxygen atoms in total. The normalized spacial score (nSPS) is 20.4. The standard InChI is InChI=1S/C17H24N2O4/c1-13-5-4-6-15(9-13)23-12-17(22-3)7-8-19(11-17)16(21)10-18-14(2)20/h4-6,9H,7-8,10-12H2,1-3H3,(H,18,20)/t17-/m1/s1. The van der Waals surface area contributed by atoms with Crippen LogP contribution in [0.25, 0.3) is 0 Å².